The second-order valence-electron chi connectivity index (χ2n) is 4.05. The molecule has 0 saturated carbocycles. The maximum atomic E-state index is 5.61. The van der Waals surface area contributed by atoms with Crippen LogP contribution in [0.3, 0.4) is 0 Å². The lowest BCUT2D eigenvalue weighted by Crippen LogP contribution is -2.27. The van der Waals surface area contributed by atoms with Gasteiger partial charge in [-0.3, -0.25) is 0 Å². The zero-order chi connectivity index (χ0) is 10.1. The Kier molecular flexibility index (Phi) is 2.46. The van der Waals surface area contributed by atoms with E-state index in [1.807, 2.05) is 0 Å². The van der Waals surface area contributed by atoms with Gasteiger partial charge in [0.25, 0.3) is 0 Å². The fourth-order valence-corrected chi connectivity index (χ4v) is 2.35. The molecule has 2 heteroatoms. The summed E-state index contributed by atoms with van der Waals surface area (Å²) in [5.74, 6) is 0. The minimum Gasteiger partial charge on any atom is -0.369 e. The van der Waals surface area contributed by atoms with E-state index in [0.717, 1.165) is 19.6 Å². The second kappa shape index (κ2) is 3.62. The van der Waals surface area contributed by atoms with Crippen molar-refractivity contribution in [2.24, 2.45) is 5.73 Å². The van der Waals surface area contributed by atoms with E-state index in [-0.39, 0.29) is 0 Å². The first-order chi connectivity index (χ1) is 6.74. The minimum atomic E-state index is 0.743. The molecule has 0 aliphatic carbocycles. The van der Waals surface area contributed by atoms with Crippen molar-refractivity contribution < 1.29 is 0 Å². The quantitative estimate of drug-likeness (QED) is 0.768. The molecule has 0 amide bonds. The van der Waals surface area contributed by atoms with E-state index in [1.54, 1.807) is 0 Å². The third kappa shape index (κ3) is 1.40. The van der Waals surface area contributed by atoms with Gasteiger partial charge in [0, 0.05) is 25.3 Å². The van der Waals surface area contributed by atoms with Crippen molar-refractivity contribution in [3.05, 3.63) is 28.8 Å². The van der Waals surface area contributed by atoms with E-state index in [4.69, 9.17) is 5.73 Å². The Hall–Kier alpha value is -1.02. The van der Waals surface area contributed by atoms with Crippen LogP contribution in [0.5, 0.6) is 0 Å². The van der Waals surface area contributed by atoms with Gasteiger partial charge in [-0.25, -0.2) is 0 Å². The van der Waals surface area contributed by atoms with Crippen LogP contribution in [0, 0.1) is 13.8 Å². The van der Waals surface area contributed by atoms with Crippen LogP contribution in [0.25, 0.3) is 0 Å². The van der Waals surface area contributed by atoms with Gasteiger partial charge in [-0.05, 0) is 37.0 Å². The topological polar surface area (TPSA) is 29.3 Å². The molecule has 0 atom stereocenters. The molecule has 0 saturated heterocycles. The van der Waals surface area contributed by atoms with Crippen molar-refractivity contribution in [1.29, 1.82) is 0 Å². The molecule has 1 heterocycles. The van der Waals surface area contributed by atoms with Crippen LogP contribution >= 0.6 is 0 Å². The lowest BCUT2D eigenvalue weighted by atomic mass is 10.0. The van der Waals surface area contributed by atoms with Gasteiger partial charge in [0.15, 0.2) is 0 Å². The van der Waals surface area contributed by atoms with Gasteiger partial charge in [0.2, 0.25) is 0 Å². The summed E-state index contributed by atoms with van der Waals surface area (Å²) in [5.41, 5.74) is 11.4. The number of anilines is 1. The molecule has 0 spiro atoms. The Labute approximate surface area is 85.7 Å². The van der Waals surface area contributed by atoms with Gasteiger partial charge in [-0.15, -0.1) is 0 Å². The summed E-state index contributed by atoms with van der Waals surface area (Å²) in [4.78, 5) is 2.41. The minimum absolute atomic E-state index is 0.743. The molecular formula is C12H18N2. The van der Waals surface area contributed by atoms with Gasteiger partial charge < -0.3 is 10.6 Å². The predicted octanol–water partition coefficient (Wildman–Crippen LogP) is 1.62. The van der Waals surface area contributed by atoms with Gasteiger partial charge in [-0.2, -0.15) is 0 Å². The average Bonchev–Trinajstić information content (AvgIpc) is 2.58. The lowest BCUT2D eigenvalue weighted by Gasteiger charge is -2.20. The maximum absolute atomic E-state index is 5.61. The van der Waals surface area contributed by atoms with Crippen molar-refractivity contribution >= 4 is 5.69 Å². The third-order valence-electron chi connectivity index (χ3n) is 3.07. The molecule has 0 bridgehead atoms. The first-order valence-corrected chi connectivity index (χ1v) is 5.28. The van der Waals surface area contributed by atoms with Crippen molar-refractivity contribution in [3.63, 3.8) is 0 Å². The summed E-state index contributed by atoms with van der Waals surface area (Å²) in [6.45, 7) is 7.25. The Morgan fingerprint density at radius 2 is 2.00 bits per heavy atom. The first-order valence-electron chi connectivity index (χ1n) is 5.28. The lowest BCUT2D eigenvalue weighted by molar-refractivity contribution is 0.819. The molecule has 14 heavy (non-hydrogen) atoms. The van der Waals surface area contributed by atoms with Gasteiger partial charge in [0.1, 0.15) is 0 Å². The number of hydrogen-bond donors (Lipinski definition) is 1. The molecule has 2 N–H and O–H groups in total. The van der Waals surface area contributed by atoms with Crippen LogP contribution in [-0.4, -0.2) is 19.6 Å². The van der Waals surface area contributed by atoms with Crippen LogP contribution in [0.2, 0.25) is 0 Å². The number of rotatable bonds is 2. The summed E-state index contributed by atoms with van der Waals surface area (Å²) in [6.07, 6.45) is 1.18. The average molecular weight is 190 g/mol. The molecular weight excluding hydrogens is 172 g/mol. The normalized spacial score (nSPS) is 14.6. The van der Waals surface area contributed by atoms with E-state index < -0.39 is 0 Å². The van der Waals surface area contributed by atoms with Crippen molar-refractivity contribution in [1.82, 2.24) is 0 Å². The number of aryl methyl sites for hydroxylation is 2. The monoisotopic (exact) mass is 190 g/mol. The van der Waals surface area contributed by atoms with Crippen LogP contribution in [0.4, 0.5) is 5.69 Å². The summed E-state index contributed by atoms with van der Waals surface area (Å²) in [5, 5.41) is 0. The fourth-order valence-electron chi connectivity index (χ4n) is 2.35. The van der Waals surface area contributed by atoms with E-state index >= 15 is 0 Å². The number of benzene rings is 1. The summed E-state index contributed by atoms with van der Waals surface area (Å²) in [6, 6.07) is 4.43. The second-order valence-corrected chi connectivity index (χ2v) is 4.05. The molecule has 1 aliphatic heterocycles. The van der Waals surface area contributed by atoms with E-state index in [2.05, 4.69) is 30.9 Å². The largest absolute Gasteiger partial charge is 0.369 e. The Bertz CT molecular complexity index is 344. The number of hydrogen-bond acceptors (Lipinski definition) is 2. The molecule has 1 aromatic rings. The standard InChI is InChI=1S/C12H18N2/c1-9-3-4-10(2)12-11(9)5-7-14(12)8-6-13/h3-4H,5-8,13H2,1-2H3. The molecule has 76 valence electrons. The molecule has 1 aliphatic rings. The fraction of sp³-hybridized carbons (Fsp3) is 0.500. The van der Waals surface area contributed by atoms with Crippen molar-refractivity contribution in [3.8, 4) is 0 Å². The summed E-state index contributed by atoms with van der Waals surface area (Å²) >= 11 is 0. The zero-order valence-electron chi connectivity index (χ0n) is 9.01. The van der Waals surface area contributed by atoms with E-state index in [9.17, 15) is 0 Å². The van der Waals surface area contributed by atoms with Crippen molar-refractivity contribution in [2.45, 2.75) is 20.3 Å². The molecule has 0 unspecified atom stereocenters. The number of nitrogens with two attached hydrogens (primary N) is 1. The van der Waals surface area contributed by atoms with Crippen LogP contribution in [-0.2, 0) is 6.42 Å². The number of nitrogens with zero attached hydrogens (tertiary/aromatic N) is 1. The van der Waals surface area contributed by atoms with Gasteiger partial charge in [0.05, 0.1) is 0 Å². The highest BCUT2D eigenvalue weighted by atomic mass is 15.2. The Morgan fingerprint density at radius 1 is 1.29 bits per heavy atom. The molecule has 2 nitrogen and oxygen atoms in total. The van der Waals surface area contributed by atoms with E-state index in [1.165, 1.54) is 28.8 Å². The number of fused-ring (bicyclic) bond motifs is 1. The molecule has 0 aromatic heterocycles. The molecule has 0 fully saturated rings. The first kappa shape index (κ1) is 9.53. The predicted molar refractivity (Wildman–Crippen MR) is 60.9 cm³/mol. The summed E-state index contributed by atoms with van der Waals surface area (Å²) in [7, 11) is 0. The molecule has 0 radical (unpaired) electrons. The Morgan fingerprint density at radius 3 is 2.71 bits per heavy atom. The third-order valence-corrected chi connectivity index (χ3v) is 3.07. The van der Waals surface area contributed by atoms with Gasteiger partial charge in [-0.1, -0.05) is 12.1 Å². The maximum Gasteiger partial charge on any atom is 0.0432 e. The van der Waals surface area contributed by atoms with Crippen molar-refractivity contribution in [2.75, 3.05) is 24.5 Å². The highest BCUT2D eigenvalue weighted by Crippen LogP contribution is 2.33. The van der Waals surface area contributed by atoms with Gasteiger partial charge >= 0.3 is 0 Å². The van der Waals surface area contributed by atoms with Crippen LogP contribution in [0.15, 0.2) is 12.1 Å². The van der Waals surface area contributed by atoms with Crippen LogP contribution < -0.4 is 10.6 Å². The highest BCUT2D eigenvalue weighted by molar-refractivity contribution is 5.65. The highest BCUT2D eigenvalue weighted by Gasteiger charge is 2.21. The zero-order valence-corrected chi connectivity index (χ0v) is 9.01. The Balaban J connectivity index is 2.42. The van der Waals surface area contributed by atoms with E-state index in [0.29, 0.717) is 0 Å². The summed E-state index contributed by atoms with van der Waals surface area (Å²) < 4.78 is 0. The molecule has 1 aromatic carbocycles. The molecule has 2 rings (SSSR count). The van der Waals surface area contributed by atoms with Crippen LogP contribution in [0.1, 0.15) is 16.7 Å². The SMILES string of the molecule is Cc1ccc(C)c2c1CCN2CCN. The smallest absolute Gasteiger partial charge is 0.0432 e.